The SMILES string of the molecule is O/N=C/c1ccnc2ccccc12.O/N=C/c1ccnc2ccccc12.O=C(O)CCC(=O)O. The normalized spacial score (nSPS) is 10.5. The van der Waals surface area contributed by atoms with Crippen LogP contribution in [0, 0.1) is 0 Å². The van der Waals surface area contributed by atoms with Crippen LogP contribution in [0.2, 0.25) is 0 Å². The number of hydrogen-bond donors (Lipinski definition) is 4. The molecule has 0 aliphatic rings. The molecule has 4 N–H and O–H groups in total. The van der Waals surface area contributed by atoms with Crippen LogP contribution < -0.4 is 0 Å². The van der Waals surface area contributed by atoms with E-state index in [1.165, 1.54) is 12.4 Å². The number of carboxylic acids is 2. The molecule has 10 nitrogen and oxygen atoms in total. The molecular weight excluding hydrogens is 440 g/mol. The third-order valence-electron chi connectivity index (χ3n) is 4.31. The summed E-state index contributed by atoms with van der Waals surface area (Å²) in [6.07, 6.45) is 5.61. The maximum absolute atomic E-state index is 9.64. The van der Waals surface area contributed by atoms with Crippen LogP contribution in [0.15, 0.2) is 83.4 Å². The second-order valence-electron chi connectivity index (χ2n) is 6.61. The van der Waals surface area contributed by atoms with Crippen molar-refractivity contribution >= 4 is 46.2 Å². The highest BCUT2D eigenvalue weighted by Gasteiger charge is 2.00. The Hall–Kier alpha value is -4.86. The van der Waals surface area contributed by atoms with Gasteiger partial charge in [-0.2, -0.15) is 0 Å². The molecule has 2 aromatic heterocycles. The molecule has 4 rings (SSSR count). The lowest BCUT2D eigenvalue weighted by Crippen LogP contribution is -2.00. The summed E-state index contributed by atoms with van der Waals surface area (Å²) in [6.45, 7) is 0. The van der Waals surface area contributed by atoms with E-state index >= 15 is 0 Å². The lowest BCUT2D eigenvalue weighted by atomic mass is 10.1. The number of carbonyl (C=O) groups is 2. The minimum Gasteiger partial charge on any atom is -0.481 e. The third kappa shape index (κ3) is 8.00. The minimum atomic E-state index is -1.08. The van der Waals surface area contributed by atoms with E-state index in [9.17, 15) is 9.59 Å². The van der Waals surface area contributed by atoms with Gasteiger partial charge >= 0.3 is 11.9 Å². The Bertz CT molecular complexity index is 1200. The van der Waals surface area contributed by atoms with Gasteiger partial charge < -0.3 is 20.6 Å². The average Bonchev–Trinajstić information content (AvgIpc) is 2.84. The molecule has 0 aliphatic carbocycles. The standard InChI is InChI=1S/2C10H8N2O.C4H6O4/c2*13-12-7-8-5-6-11-10-4-2-1-3-9(8)10;5-3(6)1-2-4(7)8/h2*1-7,13H;1-2H2,(H,5,6)(H,7,8)/b2*12-7+;. The van der Waals surface area contributed by atoms with E-state index in [0.717, 1.165) is 32.9 Å². The van der Waals surface area contributed by atoms with Gasteiger partial charge in [-0.15, -0.1) is 0 Å². The number of aliphatic carboxylic acids is 2. The number of oxime groups is 2. The second-order valence-corrected chi connectivity index (χ2v) is 6.61. The molecule has 0 aliphatic heterocycles. The lowest BCUT2D eigenvalue weighted by Gasteiger charge is -1.98. The maximum Gasteiger partial charge on any atom is 0.303 e. The number of carboxylic acid groups (broad SMARTS) is 2. The quantitative estimate of drug-likeness (QED) is 0.196. The zero-order valence-corrected chi connectivity index (χ0v) is 17.9. The van der Waals surface area contributed by atoms with Gasteiger partial charge in [0.25, 0.3) is 0 Å². The summed E-state index contributed by atoms with van der Waals surface area (Å²) in [5.41, 5.74) is 3.54. The molecule has 0 unspecified atom stereocenters. The Labute approximate surface area is 194 Å². The highest BCUT2D eigenvalue weighted by molar-refractivity contribution is 5.98. The van der Waals surface area contributed by atoms with Crippen molar-refractivity contribution in [2.75, 3.05) is 0 Å². The molecule has 174 valence electrons. The van der Waals surface area contributed by atoms with Crippen LogP contribution in [0.4, 0.5) is 0 Å². The van der Waals surface area contributed by atoms with Crippen molar-refractivity contribution in [2.24, 2.45) is 10.3 Å². The molecule has 2 heterocycles. The number of benzene rings is 2. The average molecular weight is 462 g/mol. The highest BCUT2D eigenvalue weighted by atomic mass is 16.4. The van der Waals surface area contributed by atoms with E-state index in [1.54, 1.807) is 12.4 Å². The van der Waals surface area contributed by atoms with Crippen molar-refractivity contribution in [2.45, 2.75) is 12.8 Å². The van der Waals surface area contributed by atoms with Crippen molar-refractivity contribution < 1.29 is 30.2 Å². The first-order chi connectivity index (χ1) is 16.5. The first kappa shape index (κ1) is 25.4. The molecular formula is C24H22N4O6. The van der Waals surface area contributed by atoms with Crippen molar-refractivity contribution in [3.63, 3.8) is 0 Å². The summed E-state index contributed by atoms with van der Waals surface area (Å²) < 4.78 is 0. The van der Waals surface area contributed by atoms with Crippen molar-refractivity contribution in [1.29, 1.82) is 0 Å². The predicted octanol–water partition coefficient (Wildman–Crippen LogP) is 4.02. The number of nitrogens with zero attached hydrogens (tertiary/aromatic N) is 4. The van der Waals surface area contributed by atoms with Gasteiger partial charge in [-0.05, 0) is 24.3 Å². The zero-order valence-electron chi connectivity index (χ0n) is 17.9. The third-order valence-corrected chi connectivity index (χ3v) is 4.31. The zero-order chi connectivity index (χ0) is 24.8. The Kier molecular flexibility index (Phi) is 10.1. The van der Waals surface area contributed by atoms with Gasteiger partial charge in [-0.25, -0.2) is 0 Å². The van der Waals surface area contributed by atoms with Gasteiger partial charge in [0.05, 0.1) is 36.3 Å². The van der Waals surface area contributed by atoms with Gasteiger partial charge in [-0.1, -0.05) is 46.7 Å². The first-order valence-electron chi connectivity index (χ1n) is 9.92. The monoisotopic (exact) mass is 462 g/mol. The number of rotatable bonds is 5. The summed E-state index contributed by atoms with van der Waals surface area (Å²) in [5.74, 6) is -2.15. The Balaban J connectivity index is 0.000000187. The fourth-order valence-corrected chi connectivity index (χ4v) is 2.80. The molecule has 0 spiro atoms. The van der Waals surface area contributed by atoms with E-state index in [2.05, 4.69) is 20.3 Å². The molecule has 0 saturated heterocycles. The summed E-state index contributed by atoms with van der Waals surface area (Å²) in [6, 6.07) is 19.1. The van der Waals surface area contributed by atoms with Crippen LogP contribution in [0.25, 0.3) is 21.8 Å². The molecule has 0 amide bonds. The molecule has 0 atom stereocenters. The molecule has 0 fully saturated rings. The van der Waals surface area contributed by atoms with Gasteiger partial charge in [0.2, 0.25) is 0 Å². The first-order valence-corrected chi connectivity index (χ1v) is 9.92. The Morgan fingerprint density at radius 3 is 1.41 bits per heavy atom. The topological polar surface area (TPSA) is 166 Å². The summed E-state index contributed by atoms with van der Waals surface area (Å²) in [4.78, 5) is 27.6. The van der Waals surface area contributed by atoms with Crippen LogP contribution in [0.5, 0.6) is 0 Å². The number of fused-ring (bicyclic) bond motifs is 2. The van der Waals surface area contributed by atoms with E-state index in [4.69, 9.17) is 20.6 Å². The summed E-state index contributed by atoms with van der Waals surface area (Å²) >= 11 is 0. The van der Waals surface area contributed by atoms with Crippen LogP contribution in [0.1, 0.15) is 24.0 Å². The van der Waals surface area contributed by atoms with Crippen molar-refractivity contribution in [1.82, 2.24) is 9.97 Å². The van der Waals surface area contributed by atoms with Crippen LogP contribution in [-0.4, -0.2) is 55.0 Å². The lowest BCUT2D eigenvalue weighted by molar-refractivity contribution is -0.143. The van der Waals surface area contributed by atoms with Gasteiger partial charge in [-0.3, -0.25) is 19.6 Å². The number of pyridine rings is 2. The van der Waals surface area contributed by atoms with Crippen LogP contribution in [-0.2, 0) is 9.59 Å². The highest BCUT2D eigenvalue weighted by Crippen LogP contribution is 2.14. The number of hydrogen-bond acceptors (Lipinski definition) is 8. The number of para-hydroxylation sites is 2. The van der Waals surface area contributed by atoms with E-state index in [-0.39, 0.29) is 12.8 Å². The molecule has 0 radical (unpaired) electrons. The molecule has 0 saturated carbocycles. The van der Waals surface area contributed by atoms with Gasteiger partial charge in [0, 0.05) is 34.3 Å². The molecule has 0 bridgehead atoms. The Morgan fingerprint density at radius 1 is 0.676 bits per heavy atom. The predicted molar refractivity (Wildman–Crippen MR) is 127 cm³/mol. The van der Waals surface area contributed by atoms with Gasteiger partial charge in [0.1, 0.15) is 0 Å². The fraction of sp³-hybridized carbons (Fsp3) is 0.0833. The van der Waals surface area contributed by atoms with E-state index in [1.807, 2.05) is 60.7 Å². The maximum atomic E-state index is 9.64. The smallest absolute Gasteiger partial charge is 0.303 e. The van der Waals surface area contributed by atoms with Crippen molar-refractivity contribution in [3.05, 3.63) is 84.2 Å². The fourth-order valence-electron chi connectivity index (χ4n) is 2.80. The van der Waals surface area contributed by atoms with E-state index < -0.39 is 11.9 Å². The molecule has 10 heteroatoms. The Morgan fingerprint density at radius 2 is 1.06 bits per heavy atom. The van der Waals surface area contributed by atoms with Crippen LogP contribution >= 0.6 is 0 Å². The minimum absolute atomic E-state index is 0.296. The molecule has 34 heavy (non-hydrogen) atoms. The summed E-state index contributed by atoms with van der Waals surface area (Å²) in [7, 11) is 0. The van der Waals surface area contributed by atoms with E-state index in [0.29, 0.717) is 0 Å². The second kappa shape index (κ2) is 13.5. The van der Waals surface area contributed by atoms with Crippen LogP contribution in [0.3, 0.4) is 0 Å². The molecule has 4 aromatic rings. The van der Waals surface area contributed by atoms with Crippen molar-refractivity contribution in [3.8, 4) is 0 Å². The summed E-state index contributed by atoms with van der Waals surface area (Å²) in [5, 5.41) is 40.6. The largest absolute Gasteiger partial charge is 0.481 e. The number of aromatic nitrogens is 2. The molecule has 2 aromatic carbocycles. The van der Waals surface area contributed by atoms with Gasteiger partial charge in [0.15, 0.2) is 0 Å².